The van der Waals surface area contributed by atoms with Crippen molar-refractivity contribution in [1.29, 1.82) is 0 Å². The number of rotatable bonds is 10. The summed E-state index contributed by atoms with van der Waals surface area (Å²) in [6.45, 7) is 0. The molecule has 0 unspecified atom stereocenters. The minimum atomic E-state index is -1.07. The lowest BCUT2D eigenvalue weighted by atomic mass is 9.88. The Balaban J connectivity index is 2.61. The lowest BCUT2D eigenvalue weighted by Gasteiger charge is -2.18. The number of hydrogen-bond donors (Lipinski definition) is 0. The van der Waals surface area contributed by atoms with Gasteiger partial charge in [-0.05, 0) is 48.6 Å². The molecule has 0 aromatic heterocycles. The van der Waals surface area contributed by atoms with Gasteiger partial charge in [-0.1, -0.05) is 6.07 Å². The molecule has 208 valence electrons. The maximum atomic E-state index is 12.8. The van der Waals surface area contributed by atoms with E-state index in [-0.39, 0.29) is 34.2 Å². The summed E-state index contributed by atoms with van der Waals surface area (Å²) in [4.78, 5) is 75.0. The van der Waals surface area contributed by atoms with Gasteiger partial charge < -0.3 is 28.4 Å². The predicted molar refractivity (Wildman–Crippen MR) is 133 cm³/mol. The fraction of sp³-hybridized carbons (Fsp3) is 0.333. The average molecular weight is 545 g/mol. The molecule has 0 radical (unpaired) electrons. The number of carbonyl (C=O) groups excluding carboxylic acids is 6. The number of hydrogen-bond acceptors (Lipinski definition) is 12. The van der Waals surface area contributed by atoms with Crippen LogP contribution in [0.15, 0.2) is 24.3 Å². The van der Waals surface area contributed by atoms with Crippen molar-refractivity contribution in [2.24, 2.45) is 0 Å². The Bertz CT molecular complexity index is 1310. The van der Waals surface area contributed by atoms with Gasteiger partial charge in [-0.15, -0.1) is 0 Å². The van der Waals surface area contributed by atoms with Gasteiger partial charge in [-0.2, -0.15) is 0 Å². The van der Waals surface area contributed by atoms with E-state index in [4.69, 9.17) is 28.4 Å². The molecule has 0 heterocycles. The summed E-state index contributed by atoms with van der Waals surface area (Å²) < 4.78 is 28.7. The molecule has 0 aliphatic carbocycles. The van der Waals surface area contributed by atoms with E-state index in [0.29, 0.717) is 18.4 Å². The van der Waals surface area contributed by atoms with Gasteiger partial charge in [0.1, 0.15) is 0 Å². The smallest absolute Gasteiger partial charge is 0.339 e. The highest BCUT2D eigenvalue weighted by Gasteiger charge is 2.34. The molecule has 0 bridgehead atoms. The second kappa shape index (κ2) is 13.7. The molecule has 0 atom stereocenters. The molecule has 0 fully saturated rings. The zero-order chi connectivity index (χ0) is 29.3. The van der Waals surface area contributed by atoms with Gasteiger partial charge >= 0.3 is 35.8 Å². The molecular formula is C27H28O12. The Morgan fingerprint density at radius 2 is 0.949 bits per heavy atom. The standard InChI is InChI=1S/C27H28O12/c1-34-22(28)16-11-10-14(12-17(16)23(29)35-2)8-7-9-15-13-18(24(30)36-3)20(26(32)38-5)21(27(33)39-6)19(15)25(31)37-4/h10-13H,7-9H2,1-6H3. The van der Waals surface area contributed by atoms with E-state index in [9.17, 15) is 28.8 Å². The van der Waals surface area contributed by atoms with Crippen molar-refractivity contribution in [2.45, 2.75) is 19.3 Å². The number of methoxy groups -OCH3 is 6. The second-order valence-corrected chi connectivity index (χ2v) is 7.89. The van der Waals surface area contributed by atoms with Gasteiger partial charge in [0.15, 0.2) is 0 Å². The third kappa shape index (κ3) is 6.58. The van der Waals surface area contributed by atoms with Crippen LogP contribution in [0.3, 0.4) is 0 Å². The summed E-state index contributed by atoms with van der Waals surface area (Å²) in [7, 11) is 6.64. The maximum Gasteiger partial charge on any atom is 0.339 e. The molecule has 2 aromatic rings. The van der Waals surface area contributed by atoms with Crippen LogP contribution in [0.25, 0.3) is 0 Å². The topological polar surface area (TPSA) is 158 Å². The summed E-state index contributed by atoms with van der Waals surface area (Å²) >= 11 is 0. The molecule has 12 nitrogen and oxygen atoms in total. The Morgan fingerprint density at radius 3 is 1.49 bits per heavy atom. The van der Waals surface area contributed by atoms with Crippen LogP contribution >= 0.6 is 0 Å². The quantitative estimate of drug-likeness (QED) is 0.318. The van der Waals surface area contributed by atoms with Crippen molar-refractivity contribution in [3.8, 4) is 0 Å². The van der Waals surface area contributed by atoms with Crippen LogP contribution in [0.2, 0.25) is 0 Å². The highest BCUT2D eigenvalue weighted by molar-refractivity contribution is 6.15. The largest absolute Gasteiger partial charge is 0.465 e. The van der Waals surface area contributed by atoms with E-state index >= 15 is 0 Å². The van der Waals surface area contributed by atoms with E-state index in [1.54, 1.807) is 6.07 Å². The van der Waals surface area contributed by atoms with Crippen LogP contribution in [0.4, 0.5) is 0 Å². The van der Waals surface area contributed by atoms with Crippen LogP contribution in [-0.2, 0) is 41.3 Å². The van der Waals surface area contributed by atoms with Crippen molar-refractivity contribution in [3.05, 3.63) is 68.8 Å². The monoisotopic (exact) mass is 544 g/mol. The summed E-state index contributed by atoms with van der Waals surface area (Å²) in [5.74, 6) is -5.45. The molecule has 2 rings (SSSR count). The predicted octanol–water partition coefficient (Wildman–Crippen LogP) is 2.58. The molecule has 2 aromatic carbocycles. The van der Waals surface area contributed by atoms with E-state index in [1.807, 2.05) is 0 Å². The van der Waals surface area contributed by atoms with Gasteiger partial charge in [0.05, 0.1) is 76.0 Å². The summed E-state index contributed by atoms with van der Waals surface area (Å²) in [5, 5.41) is 0. The summed E-state index contributed by atoms with van der Waals surface area (Å²) in [6, 6.07) is 5.81. The van der Waals surface area contributed by atoms with Crippen LogP contribution in [0, 0.1) is 0 Å². The van der Waals surface area contributed by atoms with Gasteiger partial charge in [-0.3, -0.25) is 0 Å². The van der Waals surface area contributed by atoms with Crippen molar-refractivity contribution < 1.29 is 57.2 Å². The molecular weight excluding hydrogens is 516 g/mol. The maximum absolute atomic E-state index is 12.8. The molecule has 0 aliphatic heterocycles. The minimum absolute atomic E-state index is 0.0143. The zero-order valence-electron chi connectivity index (χ0n) is 22.3. The van der Waals surface area contributed by atoms with Crippen molar-refractivity contribution in [2.75, 3.05) is 42.7 Å². The molecule has 0 spiro atoms. The normalized spacial score (nSPS) is 10.2. The van der Waals surface area contributed by atoms with Crippen LogP contribution in [0.1, 0.15) is 79.7 Å². The lowest BCUT2D eigenvalue weighted by molar-refractivity contribution is 0.0520. The van der Waals surface area contributed by atoms with Gasteiger partial charge in [0.2, 0.25) is 0 Å². The first-order chi connectivity index (χ1) is 18.6. The number of benzene rings is 2. The van der Waals surface area contributed by atoms with Crippen molar-refractivity contribution >= 4 is 35.8 Å². The molecule has 0 N–H and O–H groups in total. The summed E-state index contributed by atoms with van der Waals surface area (Å²) in [6.07, 6.45) is 0.791. The van der Waals surface area contributed by atoms with Crippen LogP contribution < -0.4 is 0 Å². The fourth-order valence-corrected chi connectivity index (χ4v) is 3.96. The number of ether oxygens (including phenoxy) is 6. The minimum Gasteiger partial charge on any atom is -0.465 e. The number of carbonyl (C=O) groups is 6. The highest BCUT2D eigenvalue weighted by Crippen LogP contribution is 2.29. The van der Waals surface area contributed by atoms with Crippen molar-refractivity contribution in [1.82, 2.24) is 0 Å². The first-order valence-electron chi connectivity index (χ1n) is 11.4. The van der Waals surface area contributed by atoms with E-state index in [0.717, 1.165) is 28.4 Å². The second-order valence-electron chi connectivity index (χ2n) is 7.89. The molecule has 0 amide bonds. The van der Waals surface area contributed by atoms with E-state index < -0.39 is 46.9 Å². The Hall–Kier alpha value is -4.74. The first-order valence-corrected chi connectivity index (χ1v) is 11.4. The fourth-order valence-electron chi connectivity index (χ4n) is 3.96. The Kier molecular flexibility index (Phi) is 10.7. The van der Waals surface area contributed by atoms with Crippen LogP contribution in [0.5, 0.6) is 0 Å². The molecule has 39 heavy (non-hydrogen) atoms. The Labute approximate surface area is 224 Å². The highest BCUT2D eigenvalue weighted by atomic mass is 16.5. The summed E-state index contributed by atoms with van der Waals surface area (Å²) in [5.41, 5.74) is -0.669. The molecule has 0 saturated carbocycles. The third-order valence-corrected chi connectivity index (χ3v) is 5.79. The molecule has 0 saturated heterocycles. The van der Waals surface area contributed by atoms with Crippen molar-refractivity contribution in [3.63, 3.8) is 0 Å². The first kappa shape index (κ1) is 30.5. The third-order valence-electron chi connectivity index (χ3n) is 5.79. The average Bonchev–Trinajstić information content (AvgIpc) is 2.97. The van der Waals surface area contributed by atoms with Crippen LogP contribution in [-0.4, -0.2) is 78.5 Å². The zero-order valence-corrected chi connectivity index (χ0v) is 22.3. The lowest BCUT2D eigenvalue weighted by Crippen LogP contribution is -2.24. The molecule has 0 aliphatic rings. The Morgan fingerprint density at radius 1 is 0.487 bits per heavy atom. The molecule has 12 heteroatoms. The number of esters is 6. The van der Waals surface area contributed by atoms with Gasteiger partial charge in [-0.25, -0.2) is 28.8 Å². The SMILES string of the molecule is COC(=O)c1ccc(CCCc2cc(C(=O)OC)c(C(=O)OC)c(C(=O)OC)c2C(=O)OC)cc1C(=O)OC. The van der Waals surface area contributed by atoms with E-state index in [2.05, 4.69) is 0 Å². The number of aryl methyl sites for hydroxylation is 2. The van der Waals surface area contributed by atoms with Gasteiger partial charge in [0.25, 0.3) is 0 Å². The van der Waals surface area contributed by atoms with Gasteiger partial charge in [0, 0.05) is 0 Å². The van der Waals surface area contributed by atoms with E-state index in [1.165, 1.54) is 32.4 Å².